The Kier molecular flexibility index (Phi) is 30.8. The number of nitrogens with one attached hydrogen (secondary N) is 1. The highest BCUT2D eigenvalue weighted by atomic mass is 16.2. The van der Waals surface area contributed by atoms with E-state index < -0.39 is 11.9 Å². The number of rotatable bonds is 9. The highest BCUT2D eigenvalue weighted by molar-refractivity contribution is 5.86. The zero-order chi connectivity index (χ0) is 23.0. The topological polar surface area (TPSA) is 197 Å². The van der Waals surface area contributed by atoms with Crippen molar-refractivity contribution in [1.29, 1.82) is 0 Å². The second kappa shape index (κ2) is 26.3. The summed E-state index contributed by atoms with van der Waals surface area (Å²) in [5, 5.41) is 2.43. The van der Waals surface area contributed by atoms with Gasteiger partial charge in [-0.1, -0.05) is 27.2 Å². The van der Waals surface area contributed by atoms with Crippen molar-refractivity contribution in [3.8, 4) is 0 Å². The first-order valence-corrected chi connectivity index (χ1v) is 9.07. The van der Waals surface area contributed by atoms with Gasteiger partial charge in [0.2, 0.25) is 18.2 Å². The number of nitrogens with two attached hydrogens (primary N) is 4. The van der Waals surface area contributed by atoms with Crippen LogP contribution in [0.1, 0.15) is 66.7 Å². The van der Waals surface area contributed by atoms with Crippen molar-refractivity contribution in [1.82, 2.24) is 5.32 Å². The quantitative estimate of drug-likeness (QED) is 0.210. The molecule has 0 spiro atoms. The van der Waals surface area contributed by atoms with E-state index in [1.165, 1.54) is 13.1 Å². The van der Waals surface area contributed by atoms with Crippen molar-refractivity contribution in [2.75, 3.05) is 0 Å². The van der Waals surface area contributed by atoms with Crippen LogP contribution in [0.25, 0.3) is 0 Å². The minimum absolute atomic E-state index is 0.167. The molecule has 0 aliphatic heterocycles. The molecule has 0 saturated heterocycles. The van der Waals surface area contributed by atoms with Crippen LogP contribution in [0.5, 0.6) is 0 Å². The molecule has 0 bridgehead atoms. The summed E-state index contributed by atoms with van der Waals surface area (Å²) in [4.78, 5) is 44.3. The molecule has 0 heterocycles. The standard InChI is InChI=1S/C9H17N5O2.C6H12O.C2H6.CH3NO/c1-6(9(12)16)14-8(15)3-2-7(11)4-13-5-10;1-3-4-5-6(2)7;1-2;2-1-3/h4-6H,2-3,11H2,1H3,(H2,10,13)(H2,12,16)(H,14,15);3-5H2,1-2H3;1-2H3;1H,(H2,2,3)/b7-4-;;;. The summed E-state index contributed by atoms with van der Waals surface area (Å²) in [6.45, 7) is 9.23. The Morgan fingerprint density at radius 1 is 1.07 bits per heavy atom. The van der Waals surface area contributed by atoms with Crippen molar-refractivity contribution in [2.24, 2.45) is 27.9 Å². The number of amides is 3. The van der Waals surface area contributed by atoms with Crippen LogP contribution in [0.2, 0.25) is 0 Å². The molecule has 1 unspecified atom stereocenters. The first-order valence-electron chi connectivity index (χ1n) is 9.07. The Morgan fingerprint density at radius 3 is 1.89 bits per heavy atom. The number of primary amides is 2. The molecule has 0 aliphatic rings. The number of nitrogens with zero attached hydrogens (tertiary/aromatic N) is 1. The van der Waals surface area contributed by atoms with Crippen molar-refractivity contribution < 1.29 is 19.2 Å². The third-order valence-electron chi connectivity index (χ3n) is 2.65. The first-order chi connectivity index (χ1) is 13.2. The summed E-state index contributed by atoms with van der Waals surface area (Å²) in [5.74, 6) is -0.564. The predicted octanol–water partition coefficient (Wildman–Crippen LogP) is 0.437. The lowest BCUT2D eigenvalue weighted by molar-refractivity contribution is -0.126. The average molecular weight is 403 g/mol. The lowest BCUT2D eigenvalue weighted by Crippen LogP contribution is -2.42. The van der Waals surface area contributed by atoms with E-state index in [2.05, 4.69) is 23.0 Å². The van der Waals surface area contributed by atoms with E-state index in [4.69, 9.17) is 22.0 Å². The van der Waals surface area contributed by atoms with Crippen LogP contribution in [0.3, 0.4) is 0 Å². The third-order valence-corrected chi connectivity index (χ3v) is 2.65. The molecule has 0 aromatic heterocycles. The first kappa shape index (κ1) is 32.7. The molecular weight excluding hydrogens is 364 g/mol. The molecule has 0 aliphatic carbocycles. The molecule has 9 N–H and O–H groups in total. The van der Waals surface area contributed by atoms with Gasteiger partial charge in [0.05, 0.1) is 6.34 Å². The lowest BCUT2D eigenvalue weighted by Gasteiger charge is -2.09. The number of carbonyl (C=O) groups excluding carboxylic acids is 4. The highest BCUT2D eigenvalue weighted by Crippen LogP contribution is 1.98. The third kappa shape index (κ3) is 34.4. The summed E-state index contributed by atoms with van der Waals surface area (Å²) < 4.78 is 0. The van der Waals surface area contributed by atoms with Gasteiger partial charge in [0.1, 0.15) is 11.8 Å². The van der Waals surface area contributed by atoms with E-state index in [1.54, 1.807) is 6.92 Å². The van der Waals surface area contributed by atoms with E-state index in [-0.39, 0.29) is 18.7 Å². The molecule has 0 rings (SSSR count). The molecule has 10 nitrogen and oxygen atoms in total. The Morgan fingerprint density at radius 2 is 1.57 bits per heavy atom. The summed E-state index contributed by atoms with van der Waals surface area (Å²) in [6, 6.07) is -0.681. The monoisotopic (exact) mass is 402 g/mol. The van der Waals surface area contributed by atoms with Gasteiger partial charge in [-0.2, -0.15) is 0 Å². The van der Waals surface area contributed by atoms with E-state index in [0.29, 0.717) is 17.9 Å². The molecule has 0 radical (unpaired) electrons. The number of hydrogen-bond acceptors (Lipinski definition) is 6. The Balaban J connectivity index is -0.000000199. The number of ketones is 1. The van der Waals surface area contributed by atoms with Gasteiger partial charge < -0.3 is 33.0 Å². The van der Waals surface area contributed by atoms with Crippen molar-refractivity contribution >= 4 is 30.3 Å². The van der Waals surface area contributed by atoms with Gasteiger partial charge >= 0.3 is 0 Å². The van der Waals surface area contributed by atoms with Gasteiger partial charge in [0, 0.05) is 24.7 Å². The van der Waals surface area contributed by atoms with Gasteiger partial charge in [0.25, 0.3) is 0 Å². The number of unbranched alkanes of at least 4 members (excludes halogenated alkanes) is 1. The number of hydrogen-bond donors (Lipinski definition) is 5. The normalized spacial score (nSPS) is 10.7. The molecule has 3 amide bonds. The number of carbonyl (C=O) groups is 4. The second-order valence-corrected chi connectivity index (χ2v) is 5.14. The van der Waals surface area contributed by atoms with Gasteiger partial charge in [-0.15, -0.1) is 0 Å². The Bertz CT molecular complexity index is 479. The Hall–Kier alpha value is -2.91. The minimum atomic E-state index is -0.681. The fourth-order valence-electron chi connectivity index (χ4n) is 1.27. The van der Waals surface area contributed by atoms with Crippen molar-refractivity contribution in [3.05, 3.63) is 11.9 Å². The van der Waals surface area contributed by atoms with Crippen LogP contribution in [0, 0.1) is 0 Å². The van der Waals surface area contributed by atoms with Crippen LogP contribution in [-0.2, 0) is 19.2 Å². The SMILES string of the molecule is CC.CC(NC(=O)CC/C(N)=C/N=CN)C(N)=O.CCCCC(C)=O.NC=O. The van der Waals surface area contributed by atoms with Crippen LogP contribution in [-0.4, -0.2) is 36.4 Å². The van der Waals surface area contributed by atoms with Gasteiger partial charge in [-0.05, 0) is 26.7 Å². The van der Waals surface area contributed by atoms with E-state index in [0.717, 1.165) is 25.6 Å². The fraction of sp³-hybridized carbons (Fsp3) is 0.611. The van der Waals surface area contributed by atoms with Gasteiger partial charge in [-0.3, -0.25) is 14.4 Å². The van der Waals surface area contributed by atoms with Crippen molar-refractivity contribution in [2.45, 2.75) is 72.8 Å². The number of Topliss-reactive ketones (excluding diaryl/α,β-unsaturated/α-hetero) is 1. The van der Waals surface area contributed by atoms with E-state index in [9.17, 15) is 14.4 Å². The van der Waals surface area contributed by atoms with Gasteiger partial charge in [0.15, 0.2) is 0 Å². The zero-order valence-corrected chi connectivity index (χ0v) is 17.7. The second-order valence-electron chi connectivity index (χ2n) is 5.14. The zero-order valence-electron chi connectivity index (χ0n) is 17.7. The molecule has 0 aromatic carbocycles. The van der Waals surface area contributed by atoms with E-state index >= 15 is 0 Å². The van der Waals surface area contributed by atoms with Crippen LogP contribution < -0.4 is 28.3 Å². The van der Waals surface area contributed by atoms with Gasteiger partial charge in [-0.25, -0.2) is 4.99 Å². The molecule has 0 fully saturated rings. The smallest absolute Gasteiger partial charge is 0.239 e. The molecule has 0 saturated carbocycles. The number of aliphatic imine (C=N–C) groups is 1. The Labute approximate surface area is 168 Å². The van der Waals surface area contributed by atoms with Crippen LogP contribution in [0.4, 0.5) is 0 Å². The maximum absolute atomic E-state index is 11.3. The molecule has 28 heavy (non-hydrogen) atoms. The largest absolute Gasteiger partial charge is 0.401 e. The average Bonchev–Trinajstić information content (AvgIpc) is 2.65. The molecule has 1 atom stereocenters. The van der Waals surface area contributed by atoms with Crippen LogP contribution in [0.15, 0.2) is 16.9 Å². The molecule has 0 aromatic rings. The molecular formula is C18H38N6O4. The molecule has 10 heteroatoms. The van der Waals surface area contributed by atoms with Crippen molar-refractivity contribution in [3.63, 3.8) is 0 Å². The maximum Gasteiger partial charge on any atom is 0.239 e. The van der Waals surface area contributed by atoms with Crippen LogP contribution >= 0.6 is 0 Å². The number of allylic oxidation sites excluding steroid dienone is 1. The lowest BCUT2D eigenvalue weighted by atomic mass is 10.2. The predicted molar refractivity (Wildman–Crippen MR) is 113 cm³/mol. The molecule has 164 valence electrons. The highest BCUT2D eigenvalue weighted by Gasteiger charge is 2.11. The maximum atomic E-state index is 11.3. The van der Waals surface area contributed by atoms with E-state index in [1.807, 2.05) is 13.8 Å². The fourth-order valence-corrected chi connectivity index (χ4v) is 1.27. The summed E-state index contributed by atoms with van der Waals surface area (Å²) in [7, 11) is 0. The summed E-state index contributed by atoms with van der Waals surface area (Å²) in [6.07, 6.45) is 6.16. The summed E-state index contributed by atoms with van der Waals surface area (Å²) in [5.41, 5.74) is 20.1. The summed E-state index contributed by atoms with van der Waals surface area (Å²) >= 11 is 0. The minimum Gasteiger partial charge on any atom is -0.401 e.